The molecule has 0 radical (unpaired) electrons. The van der Waals surface area contributed by atoms with Crippen LogP contribution in [0.1, 0.15) is 50.6 Å². The number of nitrogens with one attached hydrogen (secondary N) is 2. The number of amides is 1. The summed E-state index contributed by atoms with van der Waals surface area (Å²) >= 11 is 0. The van der Waals surface area contributed by atoms with Crippen molar-refractivity contribution in [2.24, 2.45) is 11.8 Å². The minimum Gasteiger partial charge on any atom is -0.497 e. The van der Waals surface area contributed by atoms with E-state index in [0.29, 0.717) is 24.8 Å². The van der Waals surface area contributed by atoms with Gasteiger partial charge in [0.2, 0.25) is 5.91 Å². The van der Waals surface area contributed by atoms with E-state index in [4.69, 9.17) is 4.74 Å². The molecule has 2 heterocycles. The third kappa shape index (κ3) is 5.69. The molecule has 3 rings (SSSR count). The number of nitrogens with zero attached hydrogens (tertiary/aromatic N) is 1. The summed E-state index contributed by atoms with van der Waals surface area (Å²) in [5.41, 5.74) is 1.22. The molecular formula is C22H35N3O2. The Morgan fingerprint density at radius 3 is 2.74 bits per heavy atom. The van der Waals surface area contributed by atoms with E-state index in [1.54, 1.807) is 7.11 Å². The minimum atomic E-state index is 0.188. The van der Waals surface area contributed by atoms with Crippen LogP contribution in [0.4, 0.5) is 0 Å². The minimum absolute atomic E-state index is 0.188. The van der Waals surface area contributed by atoms with Crippen LogP contribution in [-0.2, 0) is 4.79 Å². The Balaban J connectivity index is 1.57. The van der Waals surface area contributed by atoms with Gasteiger partial charge in [-0.3, -0.25) is 9.69 Å². The number of likely N-dealkylation sites (tertiary alicyclic amines) is 1. The Labute approximate surface area is 163 Å². The van der Waals surface area contributed by atoms with Gasteiger partial charge in [0, 0.05) is 13.0 Å². The summed E-state index contributed by atoms with van der Waals surface area (Å²) in [5.74, 6) is 2.19. The Morgan fingerprint density at radius 2 is 2.04 bits per heavy atom. The molecule has 2 unspecified atom stereocenters. The van der Waals surface area contributed by atoms with Crippen molar-refractivity contribution in [1.29, 1.82) is 0 Å². The lowest BCUT2D eigenvalue weighted by atomic mass is 9.84. The molecule has 150 valence electrons. The van der Waals surface area contributed by atoms with Crippen molar-refractivity contribution in [2.45, 2.75) is 45.1 Å². The highest BCUT2D eigenvalue weighted by Crippen LogP contribution is 2.28. The van der Waals surface area contributed by atoms with Gasteiger partial charge in [0.15, 0.2) is 0 Å². The third-order valence-electron chi connectivity index (χ3n) is 6.25. The normalized spacial score (nSPS) is 21.0. The first-order valence-corrected chi connectivity index (χ1v) is 10.5. The molecule has 5 nitrogen and oxygen atoms in total. The first-order valence-electron chi connectivity index (χ1n) is 10.5. The largest absolute Gasteiger partial charge is 0.497 e. The third-order valence-corrected chi connectivity index (χ3v) is 6.25. The van der Waals surface area contributed by atoms with E-state index in [-0.39, 0.29) is 11.9 Å². The summed E-state index contributed by atoms with van der Waals surface area (Å²) in [6.45, 7) is 7.28. The Morgan fingerprint density at radius 1 is 1.30 bits per heavy atom. The van der Waals surface area contributed by atoms with Crippen LogP contribution in [0.2, 0.25) is 0 Å². The van der Waals surface area contributed by atoms with Crippen LogP contribution in [0.5, 0.6) is 5.75 Å². The topological polar surface area (TPSA) is 53.6 Å². The number of carbonyl (C=O) groups is 1. The van der Waals surface area contributed by atoms with Crippen LogP contribution in [0.15, 0.2) is 24.3 Å². The van der Waals surface area contributed by atoms with Gasteiger partial charge in [-0.2, -0.15) is 0 Å². The van der Waals surface area contributed by atoms with Crippen LogP contribution >= 0.6 is 0 Å². The Bertz CT molecular complexity index is 595. The lowest BCUT2D eigenvalue weighted by Gasteiger charge is -2.30. The number of rotatable bonds is 8. The molecule has 1 aromatic carbocycles. The zero-order valence-electron chi connectivity index (χ0n) is 16.9. The molecule has 0 aromatic heterocycles. The fourth-order valence-corrected chi connectivity index (χ4v) is 4.51. The van der Waals surface area contributed by atoms with E-state index >= 15 is 0 Å². The van der Waals surface area contributed by atoms with E-state index in [1.165, 1.54) is 31.2 Å². The fourth-order valence-electron chi connectivity index (χ4n) is 4.51. The number of ether oxygens (including phenoxy) is 1. The van der Waals surface area contributed by atoms with Crippen LogP contribution in [0.25, 0.3) is 0 Å². The predicted octanol–water partition coefficient (Wildman–Crippen LogP) is 2.97. The van der Waals surface area contributed by atoms with Gasteiger partial charge in [0.05, 0.1) is 13.2 Å². The molecule has 1 amide bonds. The quantitative estimate of drug-likeness (QED) is 0.736. The summed E-state index contributed by atoms with van der Waals surface area (Å²) in [6.07, 6.45) is 5.49. The number of methoxy groups -OCH3 is 1. The summed E-state index contributed by atoms with van der Waals surface area (Å²) in [6, 6.07) is 8.49. The molecule has 2 aliphatic heterocycles. The average molecular weight is 374 g/mol. The molecule has 1 aromatic rings. The smallest absolute Gasteiger partial charge is 0.220 e. The number of benzene rings is 1. The van der Waals surface area contributed by atoms with Crippen molar-refractivity contribution < 1.29 is 9.53 Å². The first-order chi connectivity index (χ1) is 13.2. The van der Waals surface area contributed by atoms with E-state index in [9.17, 15) is 4.79 Å². The van der Waals surface area contributed by atoms with Crippen LogP contribution < -0.4 is 15.4 Å². The maximum atomic E-state index is 12.6. The van der Waals surface area contributed by atoms with Crippen LogP contribution in [0.3, 0.4) is 0 Å². The maximum absolute atomic E-state index is 12.6. The second-order valence-corrected chi connectivity index (χ2v) is 8.11. The molecule has 2 saturated heterocycles. The van der Waals surface area contributed by atoms with Crippen molar-refractivity contribution in [1.82, 2.24) is 15.5 Å². The molecule has 2 N–H and O–H groups in total. The molecule has 0 spiro atoms. The van der Waals surface area contributed by atoms with Gasteiger partial charge in [-0.25, -0.2) is 0 Å². The molecule has 0 bridgehead atoms. The second kappa shape index (κ2) is 10.1. The molecule has 2 fully saturated rings. The summed E-state index contributed by atoms with van der Waals surface area (Å²) in [4.78, 5) is 15.1. The SMILES string of the molecule is COc1cccc(C(CNC(=O)CC(C)C2CCNCC2)N2CCCC2)c1. The molecular weight excluding hydrogens is 338 g/mol. The van der Waals surface area contributed by atoms with E-state index in [2.05, 4.69) is 34.6 Å². The van der Waals surface area contributed by atoms with Crippen molar-refractivity contribution in [2.75, 3.05) is 39.8 Å². The highest BCUT2D eigenvalue weighted by atomic mass is 16.5. The van der Waals surface area contributed by atoms with Gasteiger partial charge >= 0.3 is 0 Å². The molecule has 2 atom stereocenters. The van der Waals surface area contributed by atoms with Gasteiger partial charge in [0.1, 0.15) is 5.75 Å². The number of piperidine rings is 1. The molecule has 5 heteroatoms. The summed E-state index contributed by atoms with van der Waals surface area (Å²) in [5, 5.41) is 6.63. The zero-order valence-corrected chi connectivity index (χ0v) is 16.9. The monoisotopic (exact) mass is 373 g/mol. The molecule has 0 aliphatic carbocycles. The number of hydrogen-bond acceptors (Lipinski definition) is 4. The first kappa shape index (κ1) is 20.2. The summed E-state index contributed by atoms with van der Waals surface area (Å²) in [7, 11) is 1.70. The lowest BCUT2D eigenvalue weighted by Crippen LogP contribution is -2.38. The zero-order chi connectivity index (χ0) is 19.1. The molecule has 27 heavy (non-hydrogen) atoms. The average Bonchev–Trinajstić information content (AvgIpc) is 3.23. The van der Waals surface area contributed by atoms with E-state index in [0.717, 1.165) is 31.9 Å². The summed E-state index contributed by atoms with van der Waals surface area (Å²) < 4.78 is 5.40. The van der Waals surface area contributed by atoms with Gasteiger partial charge in [-0.1, -0.05) is 19.1 Å². The Kier molecular flexibility index (Phi) is 7.53. The highest BCUT2D eigenvalue weighted by molar-refractivity contribution is 5.76. The van der Waals surface area contributed by atoms with Crippen molar-refractivity contribution in [3.05, 3.63) is 29.8 Å². The van der Waals surface area contributed by atoms with Crippen LogP contribution in [-0.4, -0.2) is 50.6 Å². The van der Waals surface area contributed by atoms with Gasteiger partial charge in [0.25, 0.3) is 0 Å². The van der Waals surface area contributed by atoms with E-state index < -0.39 is 0 Å². The van der Waals surface area contributed by atoms with Crippen molar-refractivity contribution in [3.8, 4) is 5.75 Å². The fraction of sp³-hybridized carbons (Fsp3) is 0.682. The van der Waals surface area contributed by atoms with Gasteiger partial charge in [-0.05, 0) is 81.4 Å². The Hall–Kier alpha value is -1.59. The highest BCUT2D eigenvalue weighted by Gasteiger charge is 2.26. The second-order valence-electron chi connectivity index (χ2n) is 8.11. The molecule has 0 saturated carbocycles. The number of hydrogen-bond donors (Lipinski definition) is 2. The lowest BCUT2D eigenvalue weighted by molar-refractivity contribution is -0.122. The predicted molar refractivity (Wildman–Crippen MR) is 109 cm³/mol. The molecule has 2 aliphatic rings. The van der Waals surface area contributed by atoms with Gasteiger partial charge in [-0.15, -0.1) is 0 Å². The van der Waals surface area contributed by atoms with Crippen LogP contribution in [0, 0.1) is 11.8 Å². The standard InChI is InChI=1S/C22H35N3O2/c1-17(18-8-10-23-11-9-18)14-22(26)24-16-21(25-12-3-4-13-25)19-6-5-7-20(15-19)27-2/h5-7,15,17-18,21,23H,3-4,8-14,16H2,1-2H3,(H,24,26). The number of carbonyl (C=O) groups excluding carboxylic acids is 1. The van der Waals surface area contributed by atoms with Crippen molar-refractivity contribution in [3.63, 3.8) is 0 Å². The van der Waals surface area contributed by atoms with E-state index in [1.807, 2.05) is 12.1 Å². The van der Waals surface area contributed by atoms with Crippen molar-refractivity contribution >= 4 is 5.91 Å². The van der Waals surface area contributed by atoms with Gasteiger partial charge < -0.3 is 15.4 Å². The maximum Gasteiger partial charge on any atom is 0.220 e.